The highest BCUT2D eigenvalue weighted by Gasteiger charge is 2.04. The van der Waals surface area contributed by atoms with E-state index < -0.39 is 0 Å². The molecule has 76 valence electrons. The summed E-state index contributed by atoms with van der Waals surface area (Å²) in [7, 11) is 0. The third-order valence-electron chi connectivity index (χ3n) is 1.73. The maximum Gasteiger partial charge on any atom is 0.252 e. The Morgan fingerprint density at radius 3 is 3.00 bits per heavy atom. The molecule has 0 saturated heterocycles. The van der Waals surface area contributed by atoms with Crippen molar-refractivity contribution in [1.82, 2.24) is 10.3 Å². The van der Waals surface area contributed by atoms with Crippen molar-refractivity contribution in [2.45, 2.75) is 13.3 Å². The Kier molecular flexibility index (Phi) is 4.40. The molecule has 0 bridgehead atoms. The number of halogens is 1. The molecule has 4 heteroatoms. The van der Waals surface area contributed by atoms with Crippen molar-refractivity contribution in [2.75, 3.05) is 12.4 Å². The topological polar surface area (TPSA) is 42.0 Å². The van der Waals surface area contributed by atoms with Crippen molar-refractivity contribution in [3.63, 3.8) is 0 Å². The SMILES string of the molecule is Cc1cncc(C(=O)NCCCCl)c1. The molecule has 0 unspecified atom stereocenters. The Bertz CT molecular complexity index is 315. The number of pyridine rings is 1. The molecule has 0 atom stereocenters. The Morgan fingerprint density at radius 2 is 2.36 bits per heavy atom. The van der Waals surface area contributed by atoms with Gasteiger partial charge in [-0.1, -0.05) is 0 Å². The van der Waals surface area contributed by atoms with E-state index in [2.05, 4.69) is 10.3 Å². The molecule has 0 aliphatic carbocycles. The van der Waals surface area contributed by atoms with Gasteiger partial charge in [0, 0.05) is 24.8 Å². The second kappa shape index (κ2) is 5.60. The van der Waals surface area contributed by atoms with E-state index in [0.717, 1.165) is 12.0 Å². The lowest BCUT2D eigenvalue weighted by atomic mass is 10.2. The normalized spacial score (nSPS) is 9.86. The molecular formula is C10H13ClN2O. The lowest BCUT2D eigenvalue weighted by Crippen LogP contribution is -2.24. The summed E-state index contributed by atoms with van der Waals surface area (Å²) in [5, 5.41) is 2.76. The van der Waals surface area contributed by atoms with Gasteiger partial charge >= 0.3 is 0 Å². The molecule has 0 aliphatic rings. The van der Waals surface area contributed by atoms with E-state index in [1.165, 1.54) is 0 Å². The summed E-state index contributed by atoms with van der Waals surface area (Å²) in [6, 6.07) is 1.81. The summed E-state index contributed by atoms with van der Waals surface area (Å²) in [6.07, 6.45) is 4.06. The Labute approximate surface area is 88.5 Å². The molecule has 1 N–H and O–H groups in total. The fraction of sp³-hybridized carbons (Fsp3) is 0.400. The number of aromatic nitrogens is 1. The lowest BCUT2D eigenvalue weighted by Gasteiger charge is -2.03. The first-order valence-corrected chi connectivity index (χ1v) is 5.03. The van der Waals surface area contributed by atoms with Crippen molar-refractivity contribution in [1.29, 1.82) is 0 Å². The number of rotatable bonds is 4. The van der Waals surface area contributed by atoms with E-state index in [9.17, 15) is 4.79 Å². The maximum atomic E-state index is 11.5. The highest BCUT2D eigenvalue weighted by Crippen LogP contribution is 2.00. The van der Waals surface area contributed by atoms with Crippen LogP contribution in [0.15, 0.2) is 18.5 Å². The second-order valence-electron chi connectivity index (χ2n) is 3.05. The standard InChI is InChI=1S/C10H13ClN2O/c1-8-5-9(7-12-6-8)10(14)13-4-2-3-11/h5-7H,2-4H2,1H3,(H,13,14). The largest absolute Gasteiger partial charge is 0.352 e. The van der Waals surface area contributed by atoms with E-state index in [4.69, 9.17) is 11.6 Å². The highest BCUT2D eigenvalue weighted by molar-refractivity contribution is 6.17. The summed E-state index contributed by atoms with van der Waals surface area (Å²) >= 11 is 5.49. The average molecular weight is 213 g/mol. The molecular weight excluding hydrogens is 200 g/mol. The van der Waals surface area contributed by atoms with Crippen LogP contribution in [0.5, 0.6) is 0 Å². The van der Waals surface area contributed by atoms with Gasteiger partial charge in [-0.15, -0.1) is 11.6 Å². The Morgan fingerprint density at radius 1 is 1.57 bits per heavy atom. The molecule has 1 amide bonds. The third-order valence-corrected chi connectivity index (χ3v) is 2.00. The molecule has 0 radical (unpaired) electrons. The molecule has 0 spiro atoms. The Hall–Kier alpha value is -1.09. The van der Waals surface area contributed by atoms with Gasteiger partial charge in [0.2, 0.25) is 0 Å². The summed E-state index contributed by atoms with van der Waals surface area (Å²) < 4.78 is 0. The van der Waals surface area contributed by atoms with Gasteiger partial charge in [0.05, 0.1) is 5.56 Å². The van der Waals surface area contributed by atoms with Crippen LogP contribution in [0.3, 0.4) is 0 Å². The van der Waals surface area contributed by atoms with Gasteiger partial charge in [-0.05, 0) is 25.0 Å². The van der Waals surface area contributed by atoms with Crippen molar-refractivity contribution in [3.8, 4) is 0 Å². The summed E-state index contributed by atoms with van der Waals surface area (Å²) in [5.74, 6) is 0.470. The number of carbonyl (C=O) groups is 1. The van der Waals surface area contributed by atoms with E-state index >= 15 is 0 Å². The predicted molar refractivity (Wildman–Crippen MR) is 56.6 cm³/mol. The minimum atomic E-state index is -0.0914. The molecule has 0 aliphatic heterocycles. The van der Waals surface area contributed by atoms with Crippen LogP contribution in [-0.2, 0) is 0 Å². The zero-order valence-corrected chi connectivity index (χ0v) is 8.84. The first-order valence-electron chi connectivity index (χ1n) is 4.50. The van der Waals surface area contributed by atoms with Crippen LogP contribution >= 0.6 is 11.6 Å². The van der Waals surface area contributed by atoms with E-state index in [-0.39, 0.29) is 5.91 Å². The quantitative estimate of drug-likeness (QED) is 0.610. The molecule has 14 heavy (non-hydrogen) atoms. The van der Waals surface area contributed by atoms with Gasteiger partial charge in [-0.25, -0.2) is 0 Å². The number of nitrogens with one attached hydrogen (secondary N) is 1. The monoisotopic (exact) mass is 212 g/mol. The van der Waals surface area contributed by atoms with Crippen LogP contribution in [0.4, 0.5) is 0 Å². The van der Waals surface area contributed by atoms with Gasteiger partial charge in [-0.3, -0.25) is 9.78 Å². The van der Waals surface area contributed by atoms with Gasteiger partial charge in [-0.2, -0.15) is 0 Å². The smallest absolute Gasteiger partial charge is 0.252 e. The first-order chi connectivity index (χ1) is 6.74. The zero-order valence-electron chi connectivity index (χ0n) is 8.09. The number of hydrogen-bond acceptors (Lipinski definition) is 2. The van der Waals surface area contributed by atoms with Crippen molar-refractivity contribution in [3.05, 3.63) is 29.6 Å². The van der Waals surface area contributed by atoms with E-state index in [1.807, 2.05) is 13.0 Å². The second-order valence-corrected chi connectivity index (χ2v) is 3.43. The predicted octanol–water partition coefficient (Wildman–Crippen LogP) is 1.75. The van der Waals surface area contributed by atoms with Crippen LogP contribution in [0, 0.1) is 6.92 Å². The fourth-order valence-electron chi connectivity index (χ4n) is 1.05. The van der Waals surface area contributed by atoms with E-state index in [0.29, 0.717) is 18.0 Å². The zero-order chi connectivity index (χ0) is 10.4. The van der Waals surface area contributed by atoms with Gasteiger partial charge in [0.15, 0.2) is 0 Å². The molecule has 0 fully saturated rings. The van der Waals surface area contributed by atoms with Crippen LogP contribution in [-0.4, -0.2) is 23.3 Å². The number of alkyl halides is 1. The minimum Gasteiger partial charge on any atom is -0.352 e. The first kappa shape index (κ1) is 11.0. The van der Waals surface area contributed by atoms with Crippen LogP contribution in [0.25, 0.3) is 0 Å². The van der Waals surface area contributed by atoms with Gasteiger partial charge in [0.25, 0.3) is 5.91 Å². The fourth-order valence-corrected chi connectivity index (χ4v) is 1.18. The summed E-state index contributed by atoms with van der Waals surface area (Å²) in [4.78, 5) is 15.4. The van der Waals surface area contributed by atoms with Crippen molar-refractivity contribution in [2.24, 2.45) is 0 Å². The highest BCUT2D eigenvalue weighted by atomic mass is 35.5. The molecule has 3 nitrogen and oxygen atoms in total. The molecule has 0 saturated carbocycles. The average Bonchev–Trinajstić information content (AvgIpc) is 2.18. The molecule has 1 heterocycles. The lowest BCUT2D eigenvalue weighted by molar-refractivity contribution is 0.0953. The van der Waals surface area contributed by atoms with Crippen LogP contribution in [0.2, 0.25) is 0 Å². The summed E-state index contributed by atoms with van der Waals surface area (Å²) in [5.41, 5.74) is 1.58. The number of carbonyl (C=O) groups excluding carboxylic acids is 1. The molecule has 1 rings (SSSR count). The minimum absolute atomic E-state index is 0.0914. The number of aryl methyl sites for hydroxylation is 1. The maximum absolute atomic E-state index is 11.5. The van der Waals surface area contributed by atoms with E-state index in [1.54, 1.807) is 12.4 Å². The number of nitrogens with zero attached hydrogens (tertiary/aromatic N) is 1. The van der Waals surface area contributed by atoms with Gasteiger partial charge in [0.1, 0.15) is 0 Å². The number of hydrogen-bond donors (Lipinski definition) is 1. The molecule has 1 aromatic rings. The molecule has 1 aromatic heterocycles. The van der Waals surface area contributed by atoms with Crippen molar-refractivity contribution < 1.29 is 4.79 Å². The van der Waals surface area contributed by atoms with Crippen molar-refractivity contribution >= 4 is 17.5 Å². The third kappa shape index (κ3) is 3.34. The van der Waals surface area contributed by atoms with Crippen LogP contribution < -0.4 is 5.32 Å². The molecule has 0 aromatic carbocycles. The Balaban J connectivity index is 2.52. The van der Waals surface area contributed by atoms with Gasteiger partial charge < -0.3 is 5.32 Å². The number of amides is 1. The van der Waals surface area contributed by atoms with Crippen LogP contribution in [0.1, 0.15) is 22.3 Å². The summed E-state index contributed by atoms with van der Waals surface area (Å²) in [6.45, 7) is 2.51.